The van der Waals surface area contributed by atoms with E-state index in [4.69, 9.17) is 10.3 Å². The first-order valence-electron chi connectivity index (χ1n) is 4.60. The van der Waals surface area contributed by atoms with Crippen molar-refractivity contribution in [2.24, 2.45) is 5.11 Å². The molecule has 0 bridgehead atoms. The van der Waals surface area contributed by atoms with Gasteiger partial charge in [-0.25, -0.2) is 4.79 Å². The predicted molar refractivity (Wildman–Crippen MR) is 59.9 cm³/mol. The molecule has 0 fully saturated rings. The molecule has 5 heteroatoms. The van der Waals surface area contributed by atoms with E-state index in [1.807, 2.05) is 0 Å². The van der Waals surface area contributed by atoms with Gasteiger partial charge in [0, 0.05) is 16.2 Å². The molecule has 0 aliphatic heterocycles. The molecule has 0 saturated carbocycles. The second kappa shape index (κ2) is 5.58. The largest absolute Gasteiger partial charge is 0.457 e. The summed E-state index contributed by atoms with van der Waals surface area (Å²) in [5, 5.41) is 3.43. The topological polar surface area (TPSA) is 75.1 Å². The molecule has 16 heavy (non-hydrogen) atoms. The van der Waals surface area contributed by atoms with Gasteiger partial charge in [0.05, 0.1) is 0 Å². The Balaban J connectivity index is 2.59. The Hall–Kier alpha value is -2.26. The van der Waals surface area contributed by atoms with E-state index in [0.29, 0.717) is 11.3 Å². The van der Waals surface area contributed by atoms with Crippen LogP contribution in [-0.4, -0.2) is 5.97 Å². The minimum atomic E-state index is -0.417. The van der Waals surface area contributed by atoms with Gasteiger partial charge < -0.3 is 4.74 Å². The van der Waals surface area contributed by atoms with E-state index >= 15 is 0 Å². The second-order valence-corrected chi connectivity index (χ2v) is 3.21. The zero-order chi connectivity index (χ0) is 12.0. The van der Waals surface area contributed by atoms with Gasteiger partial charge in [0.15, 0.2) is 0 Å². The predicted octanol–water partition coefficient (Wildman–Crippen LogP) is 3.25. The third-order valence-electron chi connectivity index (χ3n) is 1.81. The lowest BCUT2D eigenvalue weighted by molar-refractivity contribution is -0.140. The molecule has 1 aromatic rings. The van der Waals surface area contributed by atoms with Crippen molar-refractivity contribution in [2.75, 3.05) is 0 Å². The van der Waals surface area contributed by atoms with Crippen molar-refractivity contribution in [1.82, 2.24) is 0 Å². The number of carbonyl (C=O) groups excluding carboxylic acids is 1. The first kappa shape index (κ1) is 11.8. The molecule has 0 aliphatic rings. The summed E-state index contributed by atoms with van der Waals surface area (Å²) in [6, 6.07) is 6.78. The number of benzene rings is 1. The number of ether oxygens (including phenoxy) is 1. The van der Waals surface area contributed by atoms with E-state index < -0.39 is 5.97 Å². The normalized spacial score (nSPS) is 9.06. The Bertz CT molecular complexity index is 445. The third-order valence-corrected chi connectivity index (χ3v) is 1.81. The summed E-state index contributed by atoms with van der Waals surface area (Å²) in [4.78, 5) is 13.8. The maximum absolute atomic E-state index is 11.1. The van der Waals surface area contributed by atoms with E-state index in [9.17, 15) is 4.79 Å². The van der Waals surface area contributed by atoms with Crippen LogP contribution in [0.1, 0.15) is 12.5 Å². The first-order chi connectivity index (χ1) is 7.63. The van der Waals surface area contributed by atoms with Gasteiger partial charge in [-0.3, -0.25) is 0 Å². The Morgan fingerprint density at radius 1 is 1.50 bits per heavy atom. The maximum atomic E-state index is 11.1. The van der Waals surface area contributed by atoms with Gasteiger partial charge >= 0.3 is 5.97 Å². The molecule has 0 atom stereocenters. The van der Waals surface area contributed by atoms with Gasteiger partial charge in [-0.1, -0.05) is 36.0 Å². The summed E-state index contributed by atoms with van der Waals surface area (Å²) in [6.45, 7) is 5.25. The Morgan fingerprint density at radius 2 is 2.12 bits per heavy atom. The lowest BCUT2D eigenvalue weighted by atomic mass is 10.2. The summed E-state index contributed by atoms with van der Waals surface area (Å²) in [5.74, 6) is -0.417. The highest BCUT2D eigenvalue weighted by Gasteiger charge is 2.02. The number of azide groups is 1. The van der Waals surface area contributed by atoms with E-state index in [0.717, 1.165) is 5.56 Å². The number of hydrogen-bond donors (Lipinski definition) is 0. The van der Waals surface area contributed by atoms with E-state index in [-0.39, 0.29) is 6.61 Å². The number of carbonyl (C=O) groups is 1. The standard InChI is InChI=1S/C11H11N3O2/c1-8(2)11(15)16-7-9-3-5-10(6-4-9)13-14-12/h3-6H,1,7H2,2H3. The number of esters is 1. The fourth-order valence-electron chi connectivity index (χ4n) is 0.983. The molecule has 5 nitrogen and oxygen atoms in total. The van der Waals surface area contributed by atoms with Gasteiger partial charge in [-0.2, -0.15) is 0 Å². The van der Waals surface area contributed by atoms with Crippen LogP contribution in [0.25, 0.3) is 10.4 Å². The van der Waals surface area contributed by atoms with Crippen molar-refractivity contribution in [2.45, 2.75) is 13.5 Å². The second-order valence-electron chi connectivity index (χ2n) is 3.21. The summed E-state index contributed by atoms with van der Waals surface area (Å²) >= 11 is 0. The van der Waals surface area contributed by atoms with Gasteiger partial charge in [0.2, 0.25) is 0 Å². The zero-order valence-corrected chi connectivity index (χ0v) is 8.88. The molecule has 0 saturated heterocycles. The molecule has 0 aromatic heterocycles. The number of nitrogens with zero attached hydrogens (tertiary/aromatic N) is 3. The van der Waals surface area contributed by atoms with Crippen LogP contribution in [-0.2, 0) is 16.1 Å². The lowest BCUT2D eigenvalue weighted by Gasteiger charge is -2.04. The number of rotatable bonds is 4. The van der Waals surface area contributed by atoms with Crippen LogP contribution in [0.3, 0.4) is 0 Å². The van der Waals surface area contributed by atoms with Gasteiger partial charge in [-0.15, -0.1) is 0 Å². The van der Waals surface area contributed by atoms with E-state index in [1.165, 1.54) is 0 Å². The van der Waals surface area contributed by atoms with Gasteiger partial charge in [0.1, 0.15) is 6.61 Å². The molecule has 0 heterocycles. The average Bonchev–Trinajstić information content (AvgIpc) is 2.28. The van der Waals surface area contributed by atoms with Crippen LogP contribution in [0.5, 0.6) is 0 Å². The van der Waals surface area contributed by atoms with Gasteiger partial charge in [-0.05, 0) is 18.0 Å². The Kier molecular flexibility index (Phi) is 4.12. The molecule has 82 valence electrons. The fraction of sp³-hybridized carbons (Fsp3) is 0.182. The highest BCUT2D eigenvalue weighted by atomic mass is 16.5. The fourth-order valence-corrected chi connectivity index (χ4v) is 0.983. The molecule has 0 N–H and O–H groups in total. The van der Waals surface area contributed by atoms with Crippen molar-refractivity contribution in [3.63, 3.8) is 0 Å². The molecule has 0 radical (unpaired) electrons. The highest BCUT2D eigenvalue weighted by molar-refractivity contribution is 5.86. The van der Waals surface area contributed by atoms with Crippen molar-refractivity contribution >= 4 is 11.7 Å². The molecule has 0 amide bonds. The molecule has 0 spiro atoms. The summed E-state index contributed by atoms with van der Waals surface area (Å²) < 4.78 is 4.95. The maximum Gasteiger partial charge on any atom is 0.333 e. The van der Waals surface area contributed by atoms with E-state index in [1.54, 1.807) is 31.2 Å². The summed E-state index contributed by atoms with van der Waals surface area (Å²) in [7, 11) is 0. The lowest BCUT2D eigenvalue weighted by Crippen LogP contribution is -2.04. The van der Waals surface area contributed by atoms with Crippen molar-refractivity contribution in [3.05, 3.63) is 52.4 Å². The Morgan fingerprint density at radius 3 is 2.62 bits per heavy atom. The molecule has 0 unspecified atom stereocenters. The summed E-state index contributed by atoms with van der Waals surface area (Å²) in [5.41, 5.74) is 9.92. The first-order valence-corrected chi connectivity index (χ1v) is 4.60. The molecule has 1 aromatic carbocycles. The van der Waals surface area contributed by atoms with Crippen LogP contribution in [0, 0.1) is 0 Å². The smallest absolute Gasteiger partial charge is 0.333 e. The highest BCUT2D eigenvalue weighted by Crippen LogP contribution is 2.13. The number of hydrogen-bond acceptors (Lipinski definition) is 3. The van der Waals surface area contributed by atoms with Crippen LogP contribution in [0.4, 0.5) is 5.69 Å². The summed E-state index contributed by atoms with van der Waals surface area (Å²) in [6.07, 6.45) is 0. The third kappa shape index (κ3) is 3.48. The van der Waals surface area contributed by atoms with Gasteiger partial charge in [0.25, 0.3) is 0 Å². The Labute approximate surface area is 93.0 Å². The quantitative estimate of drug-likeness (QED) is 0.255. The van der Waals surface area contributed by atoms with Crippen molar-refractivity contribution < 1.29 is 9.53 Å². The molecule has 1 rings (SSSR count). The van der Waals surface area contributed by atoms with Crippen LogP contribution in [0.2, 0.25) is 0 Å². The van der Waals surface area contributed by atoms with Crippen molar-refractivity contribution in [3.8, 4) is 0 Å². The van der Waals surface area contributed by atoms with Crippen LogP contribution in [0.15, 0.2) is 41.5 Å². The molecule has 0 aliphatic carbocycles. The average molecular weight is 217 g/mol. The minimum absolute atomic E-state index is 0.183. The minimum Gasteiger partial charge on any atom is -0.457 e. The van der Waals surface area contributed by atoms with Crippen LogP contribution >= 0.6 is 0 Å². The zero-order valence-electron chi connectivity index (χ0n) is 8.88. The SMILES string of the molecule is C=C(C)C(=O)OCc1ccc(N=[N+]=[N-])cc1. The molecular weight excluding hydrogens is 206 g/mol. The monoisotopic (exact) mass is 217 g/mol. The molecular formula is C11H11N3O2. The van der Waals surface area contributed by atoms with Crippen LogP contribution < -0.4 is 0 Å². The van der Waals surface area contributed by atoms with Crippen molar-refractivity contribution in [1.29, 1.82) is 0 Å². The van der Waals surface area contributed by atoms with E-state index in [2.05, 4.69) is 16.6 Å².